The van der Waals surface area contributed by atoms with Crippen molar-refractivity contribution in [2.24, 2.45) is 0 Å². The zero-order chi connectivity index (χ0) is 12.4. The van der Waals surface area contributed by atoms with E-state index < -0.39 is 0 Å². The minimum atomic E-state index is 0.700. The first kappa shape index (κ1) is 12.2. The molecule has 1 N–H and O–H groups in total. The van der Waals surface area contributed by atoms with E-state index in [1.54, 1.807) is 0 Å². The first-order valence-electron chi connectivity index (χ1n) is 7.40. The van der Waals surface area contributed by atoms with Crippen molar-refractivity contribution in [3.8, 4) is 0 Å². The molecule has 0 amide bonds. The highest BCUT2D eigenvalue weighted by Crippen LogP contribution is 2.29. The van der Waals surface area contributed by atoms with Crippen LogP contribution in [0.5, 0.6) is 0 Å². The van der Waals surface area contributed by atoms with Crippen LogP contribution in [-0.4, -0.2) is 30.1 Å². The second-order valence-corrected chi connectivity index (χ2v) is 5.68. The second-order valence-electron chi connectivity index (χ2n) is 5.68. The maximum absolute atomic E-state index is 5.84. The van der Waals surface area contributed by atoms with Crippen molar-refractivity contribution in [2.45, 2.75) is 57.7 Å². The molecule has 1 aliphatic carbocycles. The van der Waals surface area contributed by atoms with E-state index in [9.17, 15) is 0 Å². The van der Waals surface area contributed by atoms with E-state index in [-0.39, 0.29) is 0 Å². The maximum atomic E-state index is 5.84. The summed E-state index contributed by atoms with van der Waals surface area (Å²) in [6.45, 7) is 5.52. The maximum Gasteiger partial charge on any atom is 0.118 e. The third-order valence-corrected chi connectivity index (χ3v) is 4.11. The fourth-order valence-electron chi connectivity index (χ4n) is 2.88. The van der Waals surface area contributed by atoms with Crippen LogP contribution in [0.4, 0.5) is 0 Å². The van der Waals surface area contributed by atoms with Crippen LogP contribution >= 0.6 is 0 Å². The fourth-order valence-corrected chi connectivity index (χ4v) is 2.88. The predicted octanol–water partition coefficient (Wildman–Crippen LogP) is 2.56. The minimum absolute atomic E-state index is 0.700. The Balaban J connectivity index is 1.59. The van der Waals surface area contributed by atoms with Crippen molar-refractivity contribution in [2.75, 3.05) is 13.1 Å². The number of aryl methyl sites for hydroxylation is 1. The number of furan rings is 1. The molecule has 100 valence electrons. The Morgan fingerprint density at radius 2 is 2.11 bits per heavy atom. The molecule has 1 aromatic rings. The normalized spacial score (nSPS) is 24.0. The van der Waals surface area contributed by atoms with Crippen molar-refractivity contribution in [1.82, 2.24) is 10.2 Å². The second kappa shape index (κ2) is 5.45. The van der Waals surface area contributed by atoms with Crippen LogP contribution in [0.3, 0.4) is 0 Å². The quantitative estimate of drug-likeness (QED) is 0.838. The van der Waals surface area contributed by atoms with Gasteiger partial charge in [-0.2, -0.15) is 0 Å². The zero-order valence-electron chi connectivity index (χ0n) is 11.3. The van der Waals surface area contributed by atoms with Gasteiger partial charge in [0.25, 0.3) is 0 Å². The van der Waals surface area contributed by atoms with E-state index in [0.717, 1.165) is 30.5 Å². The number of nitrogens with zero attached hydrogens (tertiary/aromatic N) is 1. The first-order chi connectivity index (χ1) is 8.85. The number of rotatable bonds is 6. The van der Waals surface area contributed by atoms with Crippen LogP contribution in [0.2, 0.25) is 0 Å². The van der Waals surface area contributed by atoms with Gasteiger partial charge in [-0.05, 0) is 44.4 Å². The van der Waals surface area contributed by atoms with Gasteiger partial charge in [0.05, 0.1) is 6.54 Å². The SMILES string of the molecule is CCc1ccc(CN(CC2CCCN2)C2CC2)o1. The first-order valence-corrected chi connectivity index (χ1v) is 7.40. The summed E-state index contributed by atoms with van der Waals surface area (Å²) < 4.78 is 5.84. The fraction of sp³-hybridized carbons (Fsp3) is 0.733. The smallest absolute Gasteiger partial charge is 0.118 e. The molecule has 3 heteroatoms. The molecule has 1 atom stereocenters. The lowest BCUT2D eigenvalue weighted by molar-refractivity contribution is 0.212. The largest absolute Gasteiger partial charge is 0.465 e. The highest BCUT2D eigenvalue weighted by atomic mass is 16.3. The van der Waals surface area contributed by atoms with Gasteiger partial charge in [-0.15, -0.1) is 0 Å². The van der Waals surface area contributed by atoms with Gasteiger partial charge >= 0.3 is 0 Å². The Morgan fingerprint density at radius 3 is 2.72 bits per heavy atom. The molecule has 18 heavy (non-hydrogen) atoms. The van der Waals surface area contributed by atoms with E-state index in [0.29, 0.717) is 6.04 Å². The number of hydrogen-bond acceptors (Lipinski definition) is 3. The van der Waals surface area contributed by atoms with E-state index >= 15 is 0 Å². The molecule has 1 aliphatic heterocycles. The molecular formula is C15H24N2O. The van der Waals surface area contributed by atoms with E-state index in [2.05, 4.69) is 29.3 Å². The molecule has 1 saturated heterocycles. The standard InChI is InChI=1S/C15H24N2O/c1-2-14-7-8-15(18-14)11-17(13-5-6-13)10-12-4-3-9-16-12/h7-8,12-13,16H,2-6,9-11H2,1H3. The van der Waals surface area contributed by atoms with Gasteiger partial charge in [0.15, 0.2) is 0 Å². The van der Waals surface area contributed by atoms with Crippen molar-refractivity contribution >= 4 is 0 Å². The number of hydrogen-bond donors (Lipinski definition) is 1. The molecule has 0 bridgehead atoms. The van der Waals surface area contributed by atoms with Gasteiger partial charge in [0, 0.05) is 25.0 Å². The van der Waals surface area contributed by atoms with E-state index in [1.165, 1.54) is 38.8 Å². The van der Waals surface area contributed by atoms with Crippen LogP contribution in [0.1, 0.15) is 44.1 Å². The van der Waals surface area contributed by atoms with Crippen LogP contribution in [0.25, 0.3) is 0 Å². The summed E-state index contributed by atoms with van der Waals surface area (Å²) >= 11 is 0. The van der Waals surface area contributed by atoms with Crippen LogP contribution in [0, 0.1) is 0 Å². The lowest BCUT2D eigenvalue weighted by Gasteiger charge is -2.24. The Hall–Kier alpha value is -0.800. The van der Waals surface area contributed by atoms with Gasteiger partial charge in [-0.25, -0.2) is 0 Å². The van der Waals surface area contributed by atoms with Crippen LogP contribution in [-0.2, 0) is 13.0 Å². The summed E-state index contributed by atoms with van der Waals surface area (Å²) in [5, 5.41) is 3.60. The molecule has 1 saturated carbocycles. The number of nitrogens with one attached hydrogen (secondary N) is 1. The predicted molar refractivity (Wildman–Crippen MR) is 72.5 cm³/mol. The molecular weight excluding hydrogens is 224 g/mol. The minimum Gasteiger partial charge on any atom is -0.465 e. The Labute approximate surface area is 110 Å². The lowest BCUT2D eigenvalue weighted by Crippen LogP contribution is -2.38. The summed E-state index contributed by atoms with van der Waals surface area (Å²) in [6.07, 6.45) is 6.40. The monoisotopic (exact) mass is 248 g/mol. The van der Waals surface area contributed by atoms with Gasteiger partial charge in [0.1, 0.15) is 11.5 Å². The summed E-state index contributed by atoms with van der Waals surface area (Å²) in [7, 11) is 0. The van der Waals surface area contributed by atoms with Crippen molar-refractivity contribution in [3.05, 3.63) is 23.7 Å². The van der Waals surface area contributed by atoms with Crippen molar-refractivity contribution in [1.29, 1.82) is 0 Å². The van der Waals surface area contributed by atoms with E-state index in [1.807, 2.05) is 0 Å². The molecule has 3 nitrogen and oxygen atoms in total. The van der Waals surface area contributed by atoms with Gasteiger partial charge in [-0.1, -0.05) is 6.92 Å². The molecule has 2 heterocycles. The van der Waals surface area contributed by atoms with Gasteiger partial charge in [0.2, 0.25) is 0 Å². The Kier molecular flexibility index (Phi) is 3.71. The molecule has 2 fully saturated rings. The van der Waals surface area contributed by atoms with Crippen LogP contribution < -0.4 is 5.32 Å². The van der Waals surface area contributed by atoms with E-state index in [4.69, 9.17) is 4.42 Å². The molecule has 1 aromatic heterocycles. The molecule has 0 spiro atoms. The zero-order valence-corrected chi connectivity index (χ0v) is 11.3. The summed E-state index contributed by atoms with van der Waals surface area (Å²) in [6, 6.07) is 5.78. The Bertz CT molecular complexity index is 378. The average Bonchev–Trinajstić information content (AvgIpc) is 2.92. The molecule has 0 aromatic carbocycles. The van der Waals surface area contributed by atoms with Crippen molar-refractivity contribution in [3.63, 3.8) is 0 Å². The highest BCUT2D eigenvalue weighted by Gasteiger charge is 2.31. The molecule has 2 aliphatic rings. The molecule has 0 radical (unpaired) electrons. The highest BCUT2D eigenvalue weighted by molar-refractivity contribution is 5.07. The molecule has 1 unspecified atom stereocenters. The topological polar surface area (TPSA) is 28.4 Å². The van der Waals surface area contributed by atoms with Gasteiger partial charge < -0.3 is 9.73 Å². The Morgan fingerprint density at radius 1 is 1.28 bits per heavy atom. The third kappa shape index (κ3) is 2.96. The lowest BCUT2D eigenvalue weighted by atomic mass is 10.2. The average molecular weight is 248 g/mol. The third-order valence-electron chi connectivity index (χ3n) is 4.11. The molecule has 3 rings (SSSR count). The van der Waals surface area contributed by atoms with Crippen molar-refractivity contribution < 1.29 is 4.42 Å². The summed E-state index contributed by atoms with van der Waals surface area (Å²) in [5.41, 5.74) is 0. The summed E-state index contributed by atoms with van der Waals surface area (Å²) in [5.74, 6) is 2.25. The van der Waals surface area contributed by atoms with Gasteiger partial charge in [-0.3, -0.25) is 4.90 Å². The summed E-state index contributed by atoms with van der Waals surface area (Å²) in [4.78, 5) is 2.61. The van der Waals surface area contributed by atoms with Crippen LogP contribution in [0.15, 0.2) is 16.5 Å².